The van der Waals surface area contributed by atoms with Crippen molar-refractivity contribution in [1.82, 2.24) is 4.98 Å². The molecule has 0 radical (unpaired) electrons. The summed E-state index contributed by atoms with van der Waals surface area (Å²) in [4.78, 5) is 3.78. The quantitative estimate of drug-likeness (QED) is 0.570. The van der Waals surface area contributed by atoms with Crippen molar-refractivity contribution in [1.29, 1.82) is 0 Å². The van der Waals surface area contributed by atoms with Crippen molar-refractivity contribution in [2.45, 2.75) is 46.0 Å². The van der Waals surface area contributed by atoms with Crippen LogP contribution in [0, 0.1) is 0 Å². The van der Waals surface area contributed by atoms with E-state index in [1.54, 1.807) is 12.4 Å². The first kappa shape index (κ1) is 15.2. The zero-order valence-electron chi connectivity index (χ0n) is 12.1. The van der Waals surface area contributed by atoms with Gasteiger partial charge in [-0.15, -0.1) is 0 Å². The van der Waals surface area contributed by atoms with Crippen LogP contribution in [0.4, 0.5) is 0 Å². The predicted octanol–water partition coefficient (Wildman–Crippen LogP) is 3.89. The average Bonchev–Trinajstić information content (AvgIpc) is 2.91. The van der Waals surface area contributed by atoms with Gasteiger partial charge in [0.25, 0.3) is 0 Å². The minimum absolute atomic E-state index is 1.36. The summed E-state index contributed by atoms with van der Waals surface area (Å²) in [6, 6.07) is 5.72. The Morgan fingerprint density at radius 2 is 1.61 bits per heavy atom. The molecule has 0 atom stereocenters. The minimum atomic E-state index is 1.36. The molecule has 0 spiro atoms. The summed E-state index contributed by atoms with van der Waals surface area (Å²) in [6.45, 7) is 10.4. The smallest absolute Gasteiger partial charge is 0.0788 e. The maximum Gasteiger partial charge on any atom is 0.0788 e. The number of quaternary nitrogens is 1. The van der Waals surface area contributed by atoms with Gasteiger partial charge in [0.1, 0.15) is 0 Å². The van der Waals surface area contributed by atoms with E-state index in [1.165, 1.54) is 62.8 Å². The molecule has 0 aliphatic carbocycles. The van der Waals surface area contributed by atoms with Crippen molar-refractivity contribution >= 4 is 0 Å². The minimum Gasteiger partial charge on any atom is -0.324 e. The van der Waals surface area contributed by atoms with Crippen LogP contribution in [0.2, 0.25) is 0 Å². The monoisotopic (exact) mass is 249 g/mol. The normalized spacial score (nSPS) is 17.0. The molecule has 0 amide bonds. The Kier molecular flexibility index (Phi) is 7.66. The lowest BCUT2D eigenvalue weighted by atomic mass is 10.2. The second-order valence-electron chi connectivity index (χ2n) is 5.27. The van der Waals surface area contributed by atoms with Crippen LogP contribution in [-0.4, -0.2) is 35.6 Å². The third-order valence-corrected chi connectivity index (χ3v) is 3.99. The fourth-order valence-corrected chi connectivity index (χ4v) is 2.71. The van der Waals surface area contributed by atoms with Crippen molar-refractivity contribution in [2.24, 2.45) is 0 Å². The van der Waals surface area contributed by atoms with Gasteiger partial charge in [0.05, 0.1) is 26.2 Å². The Hall–Kier alpha value is -0.890. The first-order chi connectivity index (χ1) is 8.83. The van der Waals surface area contributed by atoms with Crippen molar-refractivity contribution in [3.63, 3.8) is 0 Å². The summed E-state index contributed by atoms with van der Waals surface area (Å²) in [7, 11) is 0. The summed E-state index contributed by atoms with van der Waals surface area (Å²) in [6.07, 6.45) is 10.7. The molecule has 102 valence electrons. The second kappa shape index (κ2) is 9.09. The molecule has 0 aromatic carbocycles. The lowest BCUT2D eigenvalue weighted by Crippen LogP contribution is -2.45. The molecule has 1 aliphatic heterocycles. The number of rotatable bonds is 5. The Morgan fingerprint density at radius 1 is 0.944 bits per heavy atom. The topological polar surface area (TPSA) is 12.9 Å². The molecular weight excluding hydrogens is 220 g/mol. The molecule has 0 N–H and O–H groups in total. The maximum absolute atomic E-state index is 3.78. The van der Waals surface area contributed by atoms with Gasteiger partial charge >= 0.3 is 0 Å². The zero-order chi connectivity index (χ0) is 13.1. The van der Waals surface area contributed by atoms with Crippen molar-refractivity contribution in [3.05, 3.63) is 30.6 Å². The Bertz CT molecular complexity index is 252. The fourth-order valence-electron chi connectivity index (χ4n) is 2.71. The summed E-state index contributed by atoms with van der Waals surface area (Å²) < 4.78 is 1.43. The average molecular weight is 249 g/mol. The summed E-state index contributed by atoms with van der Waals surface area (Å²) in [5.41, 5.74) is 0. The number of pyridine rings is 1. The highest BCUT2D eigenvalue weighted by Gasteiger charge is 2.28. The van der Waals surface area contributed by atoms with Crippen LogP contribution in [0.3, 0.4) is 0 Å². The summed E-state index contributed by atoms with van der Waals surface area (Å²) in [5.74, 6) is 0. The third kappa shape index (κ3) is 5.63. The molecule has 2 heterocycles. The molecule has 1 fully saturated rings. The highest BCUT2D eigenvalue weighted by molar-refractivity contribution is 4.88. The van der Waals surface area contributed by atoms with Gasteiger partial charge in [0, 0.05) is 25.2 Å². The van der Waals surface area contributed by atoms with Gasteiger partial charge in [0.2, 0.25) is 0 Å². The van der Waals surface area contributed by atoms with Crippen molar-refractivity contribution in [2.75, 3.05) is 26.2 Å². The predicted molar refractivity (Wildman–Crippen MR) is 78.4 cm³/mol. The molecule has 0 unspecified atom stereocenters. The van der Waals surface area contributed by atoms with Crippen LogP contribution in [0.25, 0.3) is 0 Å². The first-order valence-corrected chi connectivity index (χ1v) is 7.53. The SMILES string of the molecule is CCCCC[N+]1(CC)CCCC1.c1ccncc1. The summed E-state index contributed by atoms with van der Waals surface area (Å²) >= 11 is 0. The molecule has 2 nitrogen and oxygen atoms in total. The van der Waals surface area contributed by atoms with Crippen molar-refractivity contribution in [3.8, 4) is 0 Å². The first-order valence-electron chi connectivity index (χ1n) is 7.53. The largest absolute Gasteiger partial charge is 0.324 e. The van der Waals surface area contributed by atoms with Crippen LogP contribution in [-0.2, 0) is 0 Å². The molecule has 0 bridgehead atoms. The third-order valence-electron chi connectivity index (χ3n) is 3.99. The maximum atomic E-state index is 3.78. The van der Waals surface area contributed by atoms with E-state index in [0.717, 1.165) is 0 Å². The van der Waals surface area contributed by atoms with E-state index in [1.807, 2.05) is 18.2 Å². The van der Waals surface area contributed by atoms with Crippen LogP contribution >= 0.6 is 0 Å². The molecule has 2 heteroatoms. The van der Waals surface area contributed by atoms with E-state index in [0.29, 0.717) is 0 Å². The number of hydrogen-bond acceptors (Lipinski definition) is 1. The highest BCUT2D eigenvalue weighted by Crippen LogP contribution is 2.20. The van der Waals surface area contributed by atoms with E-state index in [-0.39, 0.29) is 0 Å². The molecule has 1 aromatic heterocycles. The second-order valence-corrected chi connectivity index (χ2v) is 5.27. The fraction of sp³-hybridized carbons (Fsp3) is 0.688. The molecule has 1 aliphatic rings. The van der Waals surface area contributed by atoms with Crippen LogP contribution in [0.15, 0.2) is 30.6 Å². The molecule has 18 heavy (non-hydrogen) atoms. The molecular formula is C16H29N2+. The van der Waals surface area contributed by atoms with E-state index in [9.17, 15) is 0 Å². The standard InChI is InChI=1S/C11H24N.C5H5N/c1-3-5-6-9-12(4-2)10-7-8-11-12;1-2-4-6-5-3-1/h3-11H2,1-2H3;1-5H/q+1;. The Morgan fingerprint density at radius 3 is 2.00 bits per heavy atom. The molecule has 0 saturated carbocycles. The number of likely N-dealkylation sites (tertiary alicyclic amines) is 1. The van der Waals surface area contributed by atoms with Gasteiger partial charge in [-0.2, -0.15) is 0 Å². The van der Waals surface area contributed by atoms with E-state index >= 15 is 0 Å². The van der Waals surface area contributed by atoms with Gasteiger partial charge in [-0.3, -0.25) is 4.98 Å². The van der Waals surface area contributed by atoms with E-state index in [4.69, 9.17) is 0 Å². The summed E-state index contributed by atoms with van der Waals surface area (Å²) in [5, 5.41) is 0. The Labute approximate surface area is 113 Å². The van der Waals surface area contributed by atoms with E-state index in [2.05, 4.69) is 18.8 Å². The van der Waals surface area contributed by atoms with Crippen molar-refractivity contribution < 1.29 is 4.48 Å². The Balaban J connectivity index is 0.000000225. The number of aromatic nitrogens is 1. The zero-order valence-corrected chi connectivity index (χ0v) is 12.1. The number of unbranched alkanes of at least 4 members (excludes halogenated alkanes) is 2. The van der Waals surface area contributed by atoms with Gasteiger partial charge in [0.15, 0.2) is 0 Å². The van der Waals surface area contributed by atoms with Gasteiger partial charge < -0.3 is 4.48 Å². The van der Waals surface area contributed by atoms with Crippen LogP contribution in [0.1, 0.15) is 46.0 Å². The lowest BCUT2D eigenvalue weighted by Gasteiger charge is -2.33. The molecule has 2 rings (SSSR count). The van der Waals surface area contributed by atoms with Gasteiger partial charge in [-0.25, -0.2) is 0 Å². The van der Waals surface area contributed by atoms with Gasteiger partial charge in [-0.1, -0.05) is 19.4 Å². The number of hydrogen-bond donors (Lipinski definition) is 0. The number of nitrogens with zero attached hydrogens (tertiary/aromatic N) is 2. The molecule has 1 aromatic rings. The van der Waals surface area contributed by atoms with Crippen LogP contribution < -0.4 is 0 Å². The van der Waals surface area contributed by atoms with E-state index < -0.39 is 0 Å². The van der Waals surface area contributed by atoms with Gasteiger partial charge in [-0.05, 0) is 31.9 Å². The van der Waals surface area contributed by atoms with Crippen LogP contribution in [0.5, 0.6) is 0 Å². The molecule has 1 saturated heterocycles. The lowest BCUT2D eigenvalue weighted by molar-refractivity contribution is -0.915. The highest BCUT2D eigenvalue weighted by atomic mass is 15.4.